The van der Waals surface area contributed by atoms with E-state index in [0.29, 0.717) is 35.2 Å². The van der Waals surface area contributed by atoms with Crippen molar-refractivity contribution in [1.82, 2.24) is 4.90 Å². The smallest absolute Gasteiger partial charge is 0.241 e. The number of amides is 1. The zero-order chi connectivity index (χ0) is 22.2. The molecule has 0 aromatic heterocycles. The van der Waals surface area contributed by atoms with E-state index in [-0.39, 0.29) is 30.0 Å². The van der Waals surface area contributed by atoms with Gasteiger partial charge in [-0.1, -0.05) is 23.7 Å². The molecule has 0 spiro atoms. The molecule has 0 bridgehead atoms. The third-order valence-electron chi connectivity index (χ3n) is 5.92. The second-order valence-corrected chi connectivity index (χ2v) is 10.5. The van der Waals surface area contributed by atoms with E-state index in [1.807, 2.05) is 23.1 Å². The normalized spacial score (nSPS) is 22.9. The summed E-state index contributed by atoms with van der Waals surface area (Å²) in [5.74, 6) is 1.19. The number of sulfone groups is 1. The first-order valence-electron chi connectivity index (χ1n) is 10.0. The molecule has 7 nitrogen and oxygen atoms in total. The molecule has 0 N–H and O–H groups in total. The fourth-order valence-corrected chi connectivity index (χ4v) is 6.64. The summed E-state index contributed by atoms with van der Waals surface area (Å²) in [4.78, 5) is 16.7. The van der Waals surface area contributed by atoms with Crippen molar-refractivity contribution < 1.29 is 22.7 Å². The van der Waals surface area contributed by atoms with E-state index in [0.717, 1.165) is 5.56 Å². The van der Waals surface area contributed by atoms with Gasteiger partial charge >= 0.3 is 0 Å². The number of hydrogen-bond acceptors (Lipinski definition) is 6. The number of rotatable bonds is 6. The van der Waals surface area contributed by atoms with Gasteiger partial charge in [0.1, 0.15) is 0 Å². The molecule has 31 heavy (non-hydrogen) atoms. The zero-order valence-electron chi connectivity index (χ0n) is 17.5. The minimum absolute atomic E-state index is 0.0389. The van der Waals surface area contributed by atoms with Crippen LogP contribution in [0, 0.1) is 0 Å². The Morgan fingerprint density at radius 3 is 2.48 bits per heavy atom. The Hall–Kier alpha value is -2.29. The first-order chi connectivity index (χ1) is 14.8. The van der Waals surface area contributed by atoms with Crippen molar-refractivity contribution in [2.45, 2.75) is 18.5 Å². The van der Waals surface area contributed by atoms with Crippen LogP contribution in [-0.4, -0.2) is 70.1 Å². The Bertz CT molecular complexity index is 1090. The molecule has 0 radical (unpaired) electrons. The van der Waals surface area contributed by atoms with E-state index >= 15 is 0 Å². The van der Waals surface area contributed by atoms with Gasteiger partial charge < -0.3 is 14.4 Å². The maximum Gasteiger partial charge on any atom is 0.241 e. The number of nitrogens with zero attached hydrogens (tertiary/aromatic N) is 2. The predicted molar refractivity (Wildman–Crippen MR) is 120 cm³/mol. The van der Waals surface area contributed by atoms with Crippen molar-refractivity contribution in [3.8, 4) is 11.5 Å². The maximum absolute atomic E-state index is 13.1. The molecule has 166 valence electrons. The zero-order valence-corrected chi connectivity index (χ0v) is 19.0. The Balaban J connectivity index is 1.56. The van der Waals surface area contributed by atoms with Gasteiger partial charge in [-0.25, -0.2) is 8.42 Å². The van der Waals surface area contributed by atoms with Gasteiger partial charge in [-0.2, -0.15) is 0 Å². The molecule has 2 atom stereocenters. The van der Waals surface area contributed by atoms with Crippen LogP contribution in [0.4, 0.5) is 5.69 Å². The highest BCUT2D eigenvalue weighted by Crippen LogP contribution is 2.33. The summed E-state index contributed by atoms with van der Waals surface area (Å²) >= 11 is 6.12. The molecule has 4 rings (SSSR count). The van der Waals surface area contributed by atoms with Gasteiger partial charge in [0, 0.05) is 23.3 Å². The topological polar surface area (TPSA) is 76.2 Å². The second kappa shape index (κ2) is 8.68. The van der Waals surface area contributed by atoms with Crippen LogP contribution in [0.1, 0.15) is 5.56 Å². The lowest BCUT2D eigenvalue weighted by Crippen LogP contribution is -2.62. The highest BCUT2D eigenvalue weighted by Gasteiger charge is 2.49. The first-order valence-corrected chi connectivity index (χ1v) is 12.2. The number of halogens is 1. The number of methoxy groups -OCH3 is 2. The molecule has 2 aliphatic heterocycles. The number of anilines is 1. The molecule has 2 fully saturated rings. The van der Waals surface area contributed by atoms with E-state index in [2.05, 4.69) is 0 Å². The monoisotopic (exact) mass is 464 g/mol. The number of fused-ring (bicyclic) bond motifs is 1. The van der Waals surface area contributed by atoms with Gasteiger partial charge in [-0.05, 0) is 42.3 Å². The number of carbonyl (C=O) groups is 1. The van der Waals surface area contributed by atoms with Crippen molar-refractivity contribution in [3.63, 3.8) is 0 Å². The average molecular weight is 465 g/mol. The molecule has 2 aromatic carbocycles. The number of ether oxygens (including phenoxy) is 2. The predicted octanol–water partition coefficient (Wildman–Crippen LogP) is 2.41. The van der Waals surface area contributed by atoms with Crippen LogP contribution in [0.5, 0.6) is 11.5 Å². The van der Waals surface area contributed by atoms with E-state index in [4.69, 9.17) is 21.1 Å². The molecule has 1 amide bonds. The Morgan fingerprint density at radius 1 is 1.03 bits per heavy atom. The molecular formula is C22H25ClN2O5S. The summed E-state index contributed by atoms with van der Waals surface area (Å²) in [6.07, 6.45) is 0.661. The average Bonchev–Trinajstić information content (AvgIpc) is 3.06. The molecule has 2 aromatic rings. The van der Waals surface area contributed by atoms with Crippen LogP contribution in [-0.2, 0) is 21.1 Å². The quantitative estimate of drug-likeness (QED) is 0.653. The number of carbonyl (C=O) groups excluding carboxylic acids is 1. The molecule has 9 heteroatoms. The van der Waals surface area contributed by atoms with Crippen LogP contribution in [0.15, 0.2) is 42.5 Å². The van der Waals surface area contributed by atoms with Gasteiger partial charge in [0.2, 0.25) is 5.91 Å². The molecule has 0 aliphatic carbocycles. The SMILES string of the molecule is COc1ccc(CCN2CC(=O)N(c3cccc(Cl)c3)[C@H]3CS(=O)(=O)C[C@H]32)cc1OC. The fraction of sp³-hybridized carbons (Fsp3) is 0.409. The van der Waals surface area contributed by atoms with Gasteiger partial charge in [0.15, 0.2) is 21.3 Å². The Labute approximate surface area is 187 Å². The molecule has 2 saturated heterocycles. The molecule has 2 heterocycles. The number of hydrogen-bond donors (Lipinski definition) is 0. The third kappa shape index (κ3) is 4.51. The highest BCUT2D eigenvalue weighted by atomic mass is 35.5. The molecule has 0 saturated carbocycles. The molecule has 2 aliphatic rings. The van der Waals surface area contributed by atoms with Crippen LogP contribution in [0.3, 0.4) is 0 Å². The lowest BCUT2D eigenvalue weighted by molar-refractivity contribution is -0.123. The number of benzene rings is 2. The first kappa shape index (κ1) is 21.9. The van der Waals surface area contributed by atoms with E-state index in [9.17, 15) is 13.2 Å². The summed E-state index contributed by atoms with van der Waals surface area (Å²) in [6.45, 7) is 0.734. The highest BCUT2D eigenvalue weighted by molar-refractivity contribution is 7.91. The van der Waals surface area contributed by atoms with Gasteiger partial charge in [-0.15, -0.1) is 0 Å². The maximum atomic E-state index is 13.1. The standard InChI is InChI=1S/C22H25ClN2O5S/c1-29-20-7-6-15(10-21(20)30-2)8-9-24-12-22(26)25(17-5-3-4-16(23)11-17)19-14-31(27,28)13-18(19)24/h3-7,10-11,18-19H,8-9,12-14H2,1-2H3/t18-,19+/m1/s1. The molecule has 0 unspecified atom stereocenters. The van der Waals surface area contributed by atoms with Crippen molar-refractivity contribution in [1.29, 1.82) is 0 Å². The summed E-state index contributed by atoms with van der Waals surface area (Å²) in [5, 5.41) is 0.513. The summed E-state index contributed by atoms with van der Waals surface area (Å²) in [6, 6.07) is 12.0. The third-order valence-corrected chi connectivity index (χ3v) is 7.86. The summed E-state index contributed by atoms with van der Waals surface area (Å²) in [7, 11) is -0.0708. The van der Waals surface area contributed by atoms with Crippen LogP contribution in [0.2, 0.25) is 5.02 Å². The van der Waals surface area contributed by atoms with Gasteiger partial charge in [0.25, 0.3) is 0 Å². The Kier molecular flexibility index (Phi) is 6.14. The minimum atomic E-state index is -3.24. The van der Waals surface area contributed by atoms with Crippen molar-refractivity contribution in [2.24, 2.45) is 0 Å². The van der Waals surface area contributed by atoms with Gasteiger partial charge in [0.05, 0.1) is 38.3 Å². The lowest BCUT2D eigenvalue weighted by Gasteiger charge is -2.43. The van der Waals surface area contributed by atoms with Crippen LogP contribution >= 0.6 is 11.6 Å². The molecular weight excluding hydrogens is 440 g/mol. The lowest BCUT2D eigenvalue weighted by atomic mass is 10.0. The second-order valence-electron chi connectivity index (χ2n) is 7.87. The van der Waals surface area contributed by atoms with E-state index < -0.39 is 15.9 Å². The largest absolute Gasteiger partial charge is 0.493 e. The fourth-order valence-electron chi connectivity index (χ4n) is 4.47. The Morgan fingerprint density at radius 2 is 1.77 bits per heavy atom. The van der Waals surface area contributed by atoms with Crippen LogP contribution in [0.25, 0.3) is 0 Å². The van der Waals surface area contributed by atoms with Crippen molar-refractivity contribution >= 4 is 33.0 Å². The van der Waals surface area contributed by atoms with Gasteiger partial charge in [-0.3, -0.25) is 9.69 Å². The summed E-state index contributed by atoms with van der Waals surface area (Å²) < 4.78 is 35.6. The van der Waals surface area contributed by atoms with Crippen molar-refractivity contribution in [2.75, 3.05) is 43.7 Å². The van der Waals surface area contributed by atoms with E-state index in [1.54, 1.807) is 43.4 Å². The summed E-state index contributed by atoms with van der Waals surface area (Å²) in [5.41, 5.74) is 1.67. The minimum Gasteiger partial charge on any atom is -0.493 e. The van der Waals surface area contributed by atoms with Crippen LogP contribution < -0.4 is 14.4 Å². The number of piperazine rings is 1. The van der Waals surface area contributed by atoms with Crippen molar-refractivity contribution in [3.05, 3.63) is 53.1 Å². The van der Waals surface area contributed by atoms with E-state index in [1.165, 1.54) is 0 Å².